The van der Waals surface area contributed by atoms with E-state index in [9.17, 15) is 9.59 Å². The van der Waals surface area contributed by atoms with E-state index >= 15 is 0 Å². The summed E-state index contributed by atoms with van der Waals surface area (Å²) in [6.45, 7) is 2.63. The number of piperazine rings is 1. The molecule has 142 valence electrons. The van der Waals surface area contributed by atoms with E-state index in [-0.39, 0.29) is 23.2 Å². The summed E-state index contributed by atoms with van der Waals surface area (Å²) in [6.07, 6.45) is 2.06. The van der Waals surface area contributed by atoms with Crippen molar-refractivity contribution in [1.82, 2.24) is 20.1 Å². The van der Waals surface area contributed by atoms with Gasteiger partial charge >= 0.3 is 0 Å². The highest BCUT2D eigenvalue weighted by molar-refractivity contribution is 5.96. The molecule has 2 amide bonds. The van der Waals surface area contributed by atoms with Gasteiger partial charge in [-0.25, -0.2) is 0 Å². The minimum atomic E-state index is -0.180. The van der Waals surface area contributed by atoms with Crippen molar-refractivity contribution >= 4 is 11.8 Å². The van der Waals surface area contributed by atoms with Gasteiger partial charge in [-0.3, -0.25) is 14.5 Å². The van der Waals surface area contributed by atoms with Crippen molar-refractivity contribution in [3.8, 4) is 11.8 Å². The molecule has 2 fully saturated rings. The molecule has 0 radical (unpaired) electrons. The molecule has 0 saturated carbocycles. The molecule has 0 aliphatic carbocycles. The van der Waals surface area contributed by atoms with Crippen LogP contribution < -0.4 is 14.8 Å². The first-order chi connectivity index (χ1) is 12.5. The minimum Gasteiger partial charge on any atom is -0.481 e. The van der Waals surface area contributed by atoms with Crippen LogP contribution >= 0.6 is 0 Å². The number of nitrogens with zero attached hydrogens (tertiary/aromatic N) is 3. The number of rotatable bonds is 3. The topological polar surface area (TPSA) is 84.0 Å². The van der Waals surface area contributed by atoms with Crippen LogP contribution in [0.1, 0.15) is 29.6 Å². The average molecular weight is 362 g/mol. The van der Waals surface area contributed by atoms with Crippen LogP contribution in [0.4, 0.5) is 0 Å². The molecule has 26 heavy (non-hydrogen) atoms. The summed E-state index contributed by atoms with van der Waals surface area (Å²) in [5, 5.41) is 2.93. The van der Waals surface area contributed by atoms with E-state index in [4.69, 9.17) is 9.47 Å². The van der Waals surface area contributed by atoms with Gasteiger partial charge in [0.15, 0.2) is 0 Å². The zero-order valence-electron chi connectivity index (χ0n) is 15.6. The Labute approximate surface area is 153 Å². The molecule has 1 aromatic rings. The highest BCUT2D eigenvalue weighted by atomic mass is 16.5. The standard InChI is InChI=1S/C18H26N4O4/c1-21-10-11-22(12-18(21)7-6-14(23)19-9-8-18)17(24)13-4-5-15(25-2)20-16(13)26-3/h4-5H,6-12H2,1-3H3,(H,19,23). The monoisotopic (exact) mass is 362 g/mol. The maximum absolute atomic E-state index is 13.1. The SMILES string of the molecule is COc1ccc(C(=O)N2CCN(C)C3(CCNC(=O)CC3)C2)c(OC)n1. The van der Waals surface area contributed by atoms with Gasteiger partial charge in [0.05, 0.1) is 14.2 Å². The number of carbonyl (C=O) groups excluding carboxylic acids is 2. The van der Waals surface area contributed by atoms with Gasteiger partial charge in [-0.2, -0.15) is 4.98 Å². The molecular weight excluding hydrogens is 336 g/mol. The van der Waals surface area contributed by atoms with E-state index in [2.05, 4.69) is 22.2 Å². The van der Waals surface area contributed by atoms with Crippen LogP contribution in [0.2, 0.25) is 0 Å². The van der Waals surface area contributed by atoms with Crippen molar-refractivity contribution in [2.24, 2.45) is 0 Å². The molecule has 2 aliphatic heterocycles. The summed E-state index contributed by atoms with van der Waals surface area (Å²) >= 11 is 0. The quantitative estimate of drug-likeness (QED) is 0.844. The number of methoxy groups -OCH3 is 2. The molecule has 3 rings (SSSR count). The van der Waals surface area contributed by atoms with Crippen LogP contribution in [0.5, 0.6) is 11.8 Å². The third-order valence-corrected chi connectivity index (χ3v) is 5.49. The molecule has 2 saturated heterocycles. The van der Waals surface area contributed by atoms with Crippen LogP contribution in [-0.4, -0.2) is 79.6 Å². The number of ether oxygens (including phenoxy) is 2. The van der Waals surface area contributed by atoms with Crippen LogP contribution in [-0.2, 0) is 4.79 Å². The van der Waals surface area contributed by atoms with Gasteiger partial charge in [-0.15, -0.1) is 0 Å². The van der Waals surface area contributed by atoms with Crippen LogP contribution in [0, 0.1) is 0 Å². The zero-order chi connectivity index (χ0) is 18.7. The minimum absolute atomic E-state index is 0.0831. The molecule has 8 nitrogen and oxygen atoms in total. The Morgan fingerprint density at radius 3 is 2.77 bits per heavy atom. The van der Waals surface area contributed by atoms with Gasteiger partial charge in [0.1, 0.15) is 5.56 Å². The Hall–Kier alpha value is -2.35. The number of likely N-dealkylation sites (N-methyl/N-ethyl adjacent to an activating group) is 1. The lowest BCUT2D eigenvalue weighted by molar-refractivity contribution is -0.121. The molecule has 1 spiro atoms. The van der Waals surface area contributed by atoms with E-state index in [0.717, 1.165) is 19.4 Å². The first kappa shape index (κ1) is 18.4. The summed E-state index contributed by atoms with van der Waals surface area (Å²) in [7, 11) is 5.09. The first-order valence-electron chi connectivity index (χ1n) is 8.85. The Morgan fingerprint density at radius 2 is 2.04 bits per heavy atom. The lowest BCUT2D eigenvalue weighted by Crippen LogP contribution is -2.62. The van der Waals surface area contributed by atoms with Crippen molar-refractivity contribution in [1.29, 1.82) is 0 Å². The van der Waals surface area contributed by atoms with E-state index in [1.165, 1.54) is 14.2 Å². The second-order valence-corrected chi connectivity index (χ2v) is 6.88. The molecule has 3 heterocycles. The number of pyridine rings is 1. The number of amides is 2. The fraction of sp³-hybridized carbons (Fsp3) is 0.611. The highest BCUT2D eigenvalue weighted by Crippen LogP contribution is 2.32. The van der Waals surface area contributed by atoms with Gasteiger partial charge in [-0.05, 0) is 26.0 Å². The number of carbonyl (C=O) groups is 2. The number of hydrogen-bond acceptors (Lipinski definition) is 6. The van der Waals surface area contributed by atoms with Crippen molar-refractivity contribution in [3.63, 3.8) is 0 Å². The summed E-state index contributed by atoms with van der Waals surface area (Å²) in [5.74, 6) is 0.648. The average Bonchev–Trinajstić information content (AvgIpc) is 2.85. The fourth-order valence-electron chi connectivity index (χ4n) is 3.80. The summed E-state index contributed by atoms with van der Waals surface area (Å²) in [6, 6.07) is 3.35. The van der Waals surface area contributed by atoms with Crippen molar-refractivity contribution < 1.29 is 19.1 Å². The van der Waals surface area contributed by atoms with E-state index in [1.807, 2.05) is 4.90 Å². The Kier molecular flexibility index (Phi) is 5.31. The highest BCUT2D eigenvalue weighted by Gasteiger charge is 2.42. The second-order valence-electron chi connectivity index (χ2n) is 6.88. The second kappa shape index (κ2) is 7.49. The molecule has 1 atom stereocenters. The Balaban J connectivity index is 1.83. The van der Waals surface area contributed by atoms with E-state index in [1.54, 1.807) is 12.1 Å². The number of nitrogens with one attached hydrogen (secondary N) is 1. The predicted molar refractivity (Wildman–Crippen MR) is 95.5 cm³/mol. The van der Waals surface area contributed by atoms with E-state index < -0.39 is 0 Å². The van der Waals surface area contributed by atoms with E-state index in [0.29, 0.717) is 37.5 Å². The van der Waals surface area contributed by atoms with Crippen molar-refractivity contribution in [2.75, 3.05) is 47.4 Å². The predicted octanol–water partition coefficient (Wildman–Crippen LogP) is 0.525. The lowest BCUT2D eigenvalue weighted by atomic mass is 9.86. The summed E-state index contributed by atoms with van der Waals surface area (Å²) < 4.78 is 10.4. The normalized spacial score (nSPS) is 24.1. The number of hydrogen-bond donors (Lipinski definition) is 1. The van der Waals surface area contributed by atoms with Gasteiger partial charge in [0.25, 0.3) is 5.91 Å². The van der Waals surface area contributed by atoms with Gasteiger partial charge in [0, 0.05) is 44.2 Å². The van der Waals surface area contributed by atoms with Crippen LogP contribution in [0.15, 0.2) is 12.1 Å². The van der Waals surface area contributed by atoms with Crippen molar-refractivity contribution in [2.45, 2.75) is 24.8 Å². The molecular formula is C18H26N4O4. The lowest BCUT2D eigenvalue weighted by Gasteiger charge is -2.49. The van der Waals surface area contributed by atoms with Gasteiger partial charge < -0.3 is 19.7 Å². The zero-order valence-corrected chi connectivity index (χ0v) is 15.6. The molecule has 8 heteroatoms. The smallest absolute Gasteiger partial charge is 0.259 e. The maximum atomic E-state index is 13.1. The summed E-state index contributed by atoms with van der Waals surface area (Å²) in [5.41, 5.74) is 0.246. The van der Waals surface area contributed by atoms with Crippen LogP contribution in [0.25, 0.3) is 0 Å². The summed E-state index contributed by atoms with van der Waals surface area (Å²) in [4.78, 5) is 33.2. The molecule has 1 N–H and O–H groups in total. The fourth-order valence-corrected chi connectivity index (χ4v) is 3.80. The third kappa shape index (κ3) is 3.46. The molecule has 0 aromatic carbocycles. The molecule has 1 aromatic heterocycles. The maximum Gasteiger partial charge on any atom is 0.259 e. The van der Waals surface area contributed by atoms with Crippen LogP contribution in [0.3, 0.4) is 0 Å². The molecule has 0 bridgehead atoms. The Morgan fingerprint density at radius 1 is 1.23 bits per heavy atom. The van der Waals surface area contributed by atoms with Crippen molar-refractivity contribution in [3.05, 3.63) is 17.7 Å². The molecule has 2 aliphatic rings. The third-order valence-electron chi connectivity index (χ3n) is 5.49. The number of aromatic nitrogens is 1. The van der Waals surface area contributed by atoms with Gasteiger partial charge in [-0.1, -0.05) is 0 Å². The Bertz CT molecular complexity index is 696. The first-order valence-corrected chi connectivity index (χ1v) is 8.85. The largest absolute Gasteiger partial charge is 0.481 e. The van der Waals surface area contributed by atoms with Gasteiger partial charge in [0.2, 0.25) is 17.7 Å². The molecule has 1 unspecified atom stereocenters.